The van der Waals surface area contributed by atoms with Crippen LogP contribution in [-0.4, -0.2) is 16.4 Å². The molecule has 1 atom stereocenters. The number of hydrogen-bond acceptors (Lipinski definition) is 2. The van der Waals surface area contributed by atoms with Crippen molar-refractivity contribution >= 4 is 0 Å². The second-order valence-corrected chi connectivity index (χ2v) is 3.56. The van der Waals surface area contributed by atoms with Gasteiger partial charge in [-0.3, -0.25) is 0 Å². The van der Waals surface area contributed by atoms with E-state index in [9.17, 15) is 0 Å². The van der Waals surface area contributed by atoms with Gasteiger partial charge in [-0.2, -0.15) is 5.10 Å². The molecule has 0 bridgehead atoms. The van der Waals surface area contributed by atoms with Crippen molar-refractivity contribution in [2.45, 2.75) is 45.6 Å². The molecule has 78 valence electrons. The summed E-state index contributed by atoms with van der Waals surface area (Å²) in [5.74, 6) is 0. The molecule has 0 spiro atoms. The third-order valence-corrected chi connectivity index (χ3v) is 2.41. The lowest BCUT2D eigenvalue weighted by atomic mass is 10.2. The monoisotopic (exact) mass is 199 g/mol. The highest BCUT2D eigenvalue weighted by atomic mass is 16.5. The average Bonchev–Trinajstić information content (AvgIpc) is 2.71. The molecular weight excluding hydrogens is 176 g/mol. The summed E-state index contributed by atoms with van der Waals surface area (Å²) in [4.78, 5) is 0. The Morgan fingerprint density at radius 3 is 3.43 bits per heavy atom. The van der Waals surface area contributed by atoms with Crippen LogP contribution in [0.15, 0.2) is 6.07 Å². The van der Waals surface area contributed by atoms with E-state index in [-0.39, 0.29) is 11.9 Å². The van der Waals surface area contributed by atoms with Gasteiger partial charge in [-0.15, -0.1) is 0 Å². The van der Waals surface area contributed by atoms with Crippen molar-refractivity contribution in [2.75, 3.05) is 6.61 Å². The molecule has 3 heteroatoms. The number of rotatable bonds is 2. The van der Waals surface area contributed by atoms with Crippen LogP contribution in [0.1, 0.15) is 50.6 Å². The Bertz CT molecular complexity index is 448. The minimum Gasteiger partial charge on any atom is -0.357 e. The summed E-state index contributed by atoms with van der Waals surface area (Å²) in [5, 5.41) is 4.22. The lowest BCUT2D eigenvalue weighted by molar-refractivity contribution is -0.0411. The smallest absolute Gasteiger partial charge is 0.150 e. The Morgan fingerprint density at radius 1 is 1.79 bits per heavy atom. The lowest BCUT2D eigenvalue weighted by Gasteiger charge is -2.24. The molecule has 1 saturated heterocycles. The quantitative estimate of drug-likeness (QED) is 0.731. The van der Waals surface area contributed by atoms with Gasteiger partial charge in [0.15, 0.2) is 0 Å². The summed E-state index contributed by atoms with van der Waals surface area (Å²) in [6.45, 7) is -0.413. The van der Waals surface area contributed by atoms with Crippen LogP contribution in [0, 0.1) is 6.92 Å². The maximum absolute atomic E-state index is 7.88. The second kappa shape index (κ2) is 4.13. The van der Waals surface area contributed by atoms with Gasteiger partial charge in [0.2, 0.25) is 0 Å². The summed E-state index contributed by atoms with van der Waals surface area (Å²) in [5.41, 5.74) is 0.661. The molecule has 1 aliphatic rings. The van der Waals surface area contributed by atoms with E-state index >= 15 is 0 Å². The molecule has 1 unspecified atom stereocenters. The molecule has 0 aromatic carbocycles. The third kappa shape index (κ3) is 1.82. The summed E-state index contributed by atoms with van der Waals surface area (Å²) < 4.78 is 44.8. The molecule has 0 N–H and O–H groups in total. The van der Waals surface area contributed by atoms with E-state index in [0.29, 0.717) is 12.3 Å². The van der Waals surface area contributed by atoms with Crippen molar-refractivity contribution in [1.82, 2.24) is 9.78 Å². The minimum atomic E-state index is -2.73. The van der Waals surface area contributed by atoms with Gasteiger partial charge in [-0.05, 0) is 38.6 Å². The van der Waals surface area contributed by atoms with Crippen LogP contribution in [0.4, 0.5) is 0 Å². The molecule has 0 radical (unpaired) electrons. The molecule has 0 amide bonds. The molecule has 0 aliphatic carbocycles. The summed E-state index contributed by atoms with van der Waals surface area (Å²) in [7, 11) is 0. The van der Waals surface area contributed by atoms with Crippen LogP contribution in [-0.2, 0) is 11.1 Å². The molecular formula is C11H18N2O. The number of nitrogens with zero attached hydrogens (tertiary/aromatic N) is 2. The van der Waals surface area contributed by atoms with Crippen molar-refractivity contribution < 1.29 is 11.6 Å². The van der Waals surface area contributed by atoms with Crippen LogP contribution in [0.3, 0.4) is 0 Å². The molecule has 0 saturated carbocycles. The van der Waals surface area contributed by atoms with Crippen LogP contribution >= 0.6 is 0 Å². The van der Waals surface area contributed by atoms with Crippen molar-refractivity contribution in [3.05, 3.63) is 17.5 Å². The first-order chi connectivity index (χ1) is 8.73. The topological polar surface area (TPSA) is 27.1 Å². The molecule has 1 aromatic rings. The Balaban J connectivity index is 2.40. The van der Waals surface area contributed by atoms with Gasteiger partial charge in [-0.1, -0.05) is 6.85 Å². The molecule has 1 aliphatic heterocycles. The summed E-state index contributed by atoms with van der Waals surface area (Å²) in [6.07, 6.45) is -0.131. The highest BCUT2D eigenvalue weighted by Crippen LogP contribution is 2.23. The van der Waals surface area contributed by atoms with Crippen molar-refractivity contribution in [2.24, 2.45) is 0 Å². The Hall–Kier alpha value is -0.830. The number of aromatic nitrogens is 2. The van der Waals surface area contributed by atoms with Gasteiger partial charge in [0.25, 0.3) is 0 Å². The summed E-state index contributed by atoms with van der Waals surface area (Å²) >= 11 is 0. The van der Waals surface area contributed by atoms with E-state index in [1.165, 1.54) is 10.7 Å². The predicted octanol–water partition coefficient (Wildman–Crippen LogP) is 2.45. The zero-order chi connectivity index (χ0) is 14.3. The molecule has 3 nitrogen and oxygen atoms in total. The van der Waals surface area contributed by atoms with Gasteiger partial charge in [0, 0.05) is 19.2 Å². The number of hydrogen-bond donors (Lipinski definition) is 0. The Kier molecular flexibility index (Phi) is 1.57. The normalized spacial score (nSPS) is 29.8. The Labute approximate surface area is 92.1 Å². The zero-order valence-electron chi connectivity index (χ0n) is 13.3. The molecule has 1 fully saturated rings. The fourth-order valence-corrected chi connectivity index (χ4v) is 1.75. The fraction of sp³-hybridized carbons (Fsp3) is 0.727. The van der Waals surface area contributed by atoms with E-state index < -0.39 is 13.2 Å². The van der Waals surface area contributed by atoms with Crippen LogP contribution < -0.4 is 0 Å². The summed E-state index contributed by atoms with van der Waals surface area (Å²) in [6, 6.07) is 1.49. The maximum atomic E-state index is 7.88. The van der Waals surface area contributed by atoms with Gasteiger partial charge in [-0.25, -0.2) is 4.68 Å². The highest BCUT2D eigenvalue weighted by molar-refractivity contribution is 5.09. The largest absolute Gasteiger partial charge is 0.357 e. The predicted molar refractivity (Wildman–Crippen MR) is 55.2 cm³/mol. The number of ether oxygens (including phenoxy) is 1. The first-order valence-corrected chi connectivity index (χ1v) is 4.92. The van der Waals surface area contributed by atoms with Gasteiger partial charge < -0.3 is 4.74 Å². The third-order valence-electron chi connectivity index (χ3n) is 2.41. The maximum Gasteiger partial charge on any atom is 0.150 e. The molecule has 2 rings (SSSR count). The van der Waals surface area contributed by atoms with Crippen LogP contribution in [0.2, 0.25) is 0 Å². The SMILES string of the molecule is [2H]C([2H])([2H])C([2H])([2H])c1cc(C)nn1C1CCCCO1. The number of aryl methyl sites for hydroxylation is 2. The van der Waals surface area contributed by atoms with Gasteiger partial charge in [0.05, 0.1) is 5.69 Å². The molecule has 14 heavy (non-hydrogen) atoms. The van der Waals surface area contributed by atoms with Crippen molar-refractivity contribution in [3.63, 3.8) is 0 Å². The van der Waals surface area contributed by atoms with E-state index in [4.69, 9.17) is 11.6 Å². The van der Waals surface area contributed by atoms with Crippen LogP contribution in [0.25, 0.3) is 0 Å². The molecule has 1 aromatic heterocycles. The van der Waals surface area contributed by atoms with Gasteiger partial charge in [0.1, 0.15) is 6.23 Å². The van der Waals surface area contributed by atoms with Crippen LogP contribution in [0.5, 0.6) is 0 Å². The van der Waals surface area contributed by atoms with Crippen molar-refractivity contribution in [1.29, 1.82) is 0 Å². The first kappa shape index (κ1) is 5.31. The lowest BCUT2D eigenvalue weighted by Crippen LogP contribution is -2.20. The average molecular weight is 199 g/mol. The van der Waals surface area contributed by atoms with Gasteiger partial charge >= 0.3 is 0 Å². The minimum absolute atomic E-state index is 0.0666. The van der Waals surface area contributed by atoms with E-state index in [1.54, 1.807) is 6.92 Å². The Morgan fingerprint density at radius 2 is 2.71 bits per heavy atom. The van der Waals surface area contributed by atoms with E-state index in [1.807, 2.05) is 0 Å². The highest BCUT2D eigenvalue weighted by Gasteiger charge is 2.18. The van der Waals surface area contributed by atoms with Crippen molar-refractivity contribution in [3.8, 4) is 0 Å². The molecule has 2 heterocycles. The van der Waals surface area contributed by atoms with E-state index in [2.05, 4.69) is 5.10 Å². The fourth-order valence-electron chi connectivity index (χ4n) is 1.75. The zero-order valence-corrected chi connectivity index (χ0v) is 8.29. The van der Waals surface area contributed by atoms with E-state index in [0.717, 1.165) is 19.3 Å². The first-order valence-electron chi connectivity index (χ1n) is 7.42. The standard InChI is InChI=1S/C11H18N2O/c1-3-10-8-9(2)12-13(10)11-6-4-5-7-14-11/h8,11H,3-7H2,1-2H3/i1D3,3D2. The second-order valence-electron chi connectivity index (χ2n) is 3.56.